The molecule has 0 unspecified atom stereocenters. The Morgan fingerprint density at radius 2 is 1.53 bits per heavy atom. The second kappa shape index (κ2) is 19.0. The summed E-state index contributed by atoms with van der Waals surface area (Å²) in [7, 11) is 0. The molecule has 2 aliphatic heterocycles. The first kappa shape index (κ1) is 38.9. The summed E-state index contributed by atoms with van der Waals surface area (Å²) in [5, 5.41) is 14.2. The van der Waals surface area contributed by atoms with Crippen molar-refractivity contribution in [2.75, 3.05) is 39.5 Å². The van der Waals surface area contributed by atoms with Gasteiger partial charge in [-0.2, -0.15) is 0 Å². The summed E-state index contributed by atoms with van der Waals surface area (Å²) in [6.45, 7) is 8.04. The third kappa shape index (κ3) is 12.4. The van der Waals surface area contributed by atoms with Gasteiger partial charge in [0.1, 0.15) is 17.8 Å². The number of amides is 5. The topological polar surface area (TPSA) is 167 Å². The first-order valence-electron chi connectivity index (χ1n) is 18.1. The highest BCUT2D eigenvalue weighted by Gasteiger charge is 2.31. The quantitative estimate of drug-likeness (QED) is 0.247. The van der Waals surface area contributed by atoms with E-state index in [9.17, 15) is 24.0 Å². The minimum Gasteiger partial charge on any atom is -0.493 e. The Labute approximate surface area is 310 Å². The molecule has 13 heteroatoms. The van der Waals surface area contributed by atoms with Gasteiger partial charge >= 0.3 is 0 Å². The summed E-state index contributed by atoms with van der Waals surface area (Å²) in [6.07, 6.45) is 0.184. The van der Waals surface area contributed by atoms with Gasteiger partial charge in [0.25, 0.3) is 5.91 Å². The molecule has 5 amide bonds. The molecule has 0 bridgehead atoms. The van der Waals surface area contributed by atoms with E-state index in [0.29, 0.717) is 12.2 Å². The van der Waals surface area contributed by atoms with Crippen LogP contribution in [0.3, 0.4) is 0 Å². The SMILES string of the molecule is CC1(C)CC(=O)N[C@@H](Cc2ccccc2)C(=O)NCCCOc2ccccc2C(=O)N[C@H](C(=O)NCc2ccc(CN3CCOCC3)cc2)CC(=O)N1. The number of carbonyl (C=O) groups excluding carboxylic acids is 5. The fraction of sp³-hybridized carbons (Fsp3) is 0.425. The van der Waals surface area contributed by atoms with E-state index in [-0.39, 0.29) is 50.4 Å². The molecule has 3 aromatic rings. The number of fused-ring (bicyclic) bond motifs is 1. The monoisotopic (exact) mass is 726 g/mol. The Bertz CT molecular complexity index is 1710. The lowest BCUT2D eigenvalue weighted by atomic mass is 9.98. The molecule has 0 radical (unpaired) electrons. The maximum Gasteiger partial charge on any atom is 0.255 e. The van der Waals surface area contributed by atoms with Crippen molar-refractivity contribution < 1.29 is 33.4 Å². The number of hydrogen-bond donors (Lipinski definition) is 5. The Kier molecular flexibility index (Phi) is 14.0. The lowest BCUT2D eigenvalue weighted by molar-refractivity contribution is -0.131. The summed E-state index contributed by atoms with van der Waals surface area (Å²) < 4.78 is 11.4. The Hall–Kier alpha value is -5.27. The Morgan fingerprint density at radius 1 is 0.830 bits per heavy atom. The van der Waals surface area contributed by atoms with Crippen LogP contribution >= 0.6 is 0 Å². The average Bonchev–Trinajstić information content (AvgIpc) is 3.13. The number of para-hydroxylation sites is 1. The number of rotatable bonds is 7. The minimum absolute atomic E-state index is 0.136. The molecule has 5 N–H and O–H groups in total. The molecular weight excluding hydrogens is 676 g/mol. The van der Waals surface area contributed by atoms with Gasteiger partial charge < -0.3 is 36.1 Å². The summed E-state index contributed by atoms with van der Waals surface area (Å²) in [4.78, 5) is 69.6. The molecule has 0 spiro atoms. The van der Waals surface area contributed by atoms with Gasteiger partial charge in [0.05, 0.1) is 31.8 Å². The molecule has 5 rings (SSSR count). The molecular formula is C40H50N6O7. The van der Waals surface area contributed by atoms with Gasteiger partial charge in [-0.25, -0.2) is 0 Å². The Morgan fingerprint density at radius 3 is 2.28 bits per heavy atom. The first-order chi connectivity index (χ1) is 25.5. The predicted molar refractivity (Wildman–Crippen MR) is 199 cm³/mol. The molecule has 2 aliphatic rings. The van der Waals surface area contributed by atoms with E-state index in [1.54, 1.807) is 38.1 Å². The zero-order valence-corrected chi connectivity index (χ0v) is 30.5. The predicted octanol–water partition coefficient (Wildman–Crippen LogP) is 2.23. The Balaban J connectivity index is 1.30. The van der Waals surface area contributed by atoms with Crippen LogP contribution in [0.1, 0.15) is 60.2 Å². The van der Waals surface area contributed by atoms with Gasteiger partial charge in [-0.05, 0) is 49.1 Å². The molecule has 3 aromatic carbocycles. The maximum atomic E-state index is 13.6. The van der Waals surface area contributed by atoms with Crippen molar-refractivity contribution in [3.8, 4) is 5.75 Å². The van der Waals surface area contributed by atoms with Crippen LogP contribution in [0, 0.1) is 0 Å². The minimum atomic E-state index is -1.24. The third-order valence-electron chi connectivity index (χ3n) is 9.04. The lowest BCUT2D eigenvalue weighted by Crippen LogP contribution is -2.54. The highest BCUT2D eigenvalue weighted by molar-refractivity contribution is 6.00. The molecule has 0 saturated carbocycles. The third-order valence-corrected chi connectivity index (χ3v) is 9.04. The van der Waals surface area contributed by atoms with Crippen LogP contribution in [-0.4, -0.2) is 91.5 Å². The van der Waals surface area contributed by atoms with E-state index in [4.69, 9.17) is 9.47 Å². The normalized spacial score (nSPS) is 20.8. The van der Waals surface area contributed by atoms with E-state index >= 15 is 0 Å². The number of ether oxygens (including phenoxy) is 2. The van der Waals surface area contributed by atoms with Crippen LogP contribution < -0.4 is 31.3 Å². The molecule has 282 valence electrons. The summed E-state index contributed by atoms with van der Waals surface area (Å²) >= 11 is 0. The molecule has 53 heavy (non-hydrogen) atoms. The number of benzene rings is 3. The van der Waals surface area contributed by atoms with Gasteiger partial charge in [-0.3, -0.25) is 28.9 Å². The van der Waals surface area contributed by atoms with Crippen molar-refractivity contribution in [1.82, 2.24) is 31.5 Å². The van der Waals surface area contributed by atoms with Gasteiger partial charge in [-0.15, -0.1) is 0 Å². The highest BCUT2D eigenvalue weighted by atomic mass is 16.5. The fourth-order valence-electron chi connectivity index (χ4n) is 6.27. The van der Waals surface area contributed by atoms with Crippen molar-refractivity contribution in [3.63, 3.8) is 0 Å². The number of carbonyl (C=O) groups is 5. The van der Waals surface area contributed by atoms with Gasteiger partial charge in [-0.1, -0.05) is 66.7 Å². The number of nitrogens with zero attached hydrogens (tertiary/aromatic N) is 1. The van der Waals surface area contributed by atoms with Gasteiger partial charge in [0.2, 0.25) is 23.6 Å². The van der Waals surface area contributed by atoms with E-state index in [1.165, 1.54) is 0 Å². The number of morpholine rings is 1. The van der Waals surface area contributed by atoms with Crippen LogP contribution in [0.25, 0.3) is 0 Å². The molecule has 0 aliphatic carbocycles. The van der Waals surface area contributed by atoms with E-state index < -0.39 is 41.3 Å². The molecule has 1 saturated heterocycles. The van der Waals surface area contributed by atoms with E-state index in [0.717, 1.165) is 49.5 Å². The summed E-state index contributed by atoms with van der Waals surface area (Å²) in [6, 6.07) is 21.9. The van der Waals surface area contributed by atoms with E-state index in [1.807, 2.05) is 54.6 Å². The van der Waals surface area contributed by atoms with Crippen LogP contribution in [0.4, 0.5) is 0 Å². The average molecular weight is 727 g/mol. The second-order valence-electron chi connectivity index (χ2n) is 14.1. The fourth-order valence-corrected chi connectivity index (χ4v) is 6.27. The van der Waals surface area contributed by atoms with Crippen molar-refractivity contribution >= 4 is 29.5 Å². The van der Waals surface area contributed by atoms with Gasteiger partial charge in [0, 0.05) is 51.1 Å². The zero-order chi connectivity index (χ0) is 37.6. The maximum absolute atomic E-state index is 13.6. The lowest BCUT2D eigenvalue weighted by Gasteiger charge is -2.28. The standard InChI is InChI=1S/C40H50N6O7/c1-40(2)25-36(48)43-32(23-28-9-4-3-5-10-28)38(50)41-17-8-20-53-34-12-7-6-11-31(34)37(49)44-33(24-35(47)45-40)39(51)42-26-29-13-15-30(16-14-29)27-46-18-21-52-22-19-46/h3-7,9-16,32-33H,8,17-27H2,1-2H3,(H,41,50)(H,42,51)(H,43,48)(H,44,49)(H,45,47)/t32-,33-/m0/s1. The highest BCUT2D eigenvalue weighted by Crippen LogP contribution is 2.19. The first-order valence-corrected chi connectivity index (χ1v) is 18.1. The largest absolute Gasteiger partial charge is 0.493 e. The van der Waals surface area contributed by atoms with Crippen molar-refractivity contribution in [1.29, 1.82) is 0 Å². The molecule has 2 atom stereocenters. The smallest absolute Gasteiger partial charge is 0.255 e. The number of hydrogen-bond acceptors (Lipinski definition) is 8. The molecule has 13 nitrogen and oxygen atoms in total. The van der Waals surface area contributed by atoms with Crippen LogP contribution in [0.15, 0.2) is 78.9 Å². The second-order valence-corrected chi connectivity index (χ2v) is 14.1. The molecule has 2 heterocycles. The van der Waals surface area contributed by atoms with Crippen molar-refractivity contribution in [2.24, 2.45) is 0 Å². The van der Waals surface area contributed by atoms with Gasteiger partial charge in [0.15, 0.2) is 0 Å². The van der Waals surface area contributed by atoms with E-state index in [2.05, 4.69) is 31.5 Å². The summed E-state index contributed by atoms with van der Waals surface area (Å²) in [5.41, 5.74) is 2.03. The van der Waals surface area contributed by atoms with Crippen LogP contribution in [-0.2, 0) is 43.4 Å². The van der Waals surface area contributed by atoms with Crippen LogP contribution in [0.5, 0.6) is 5.75 Å². The molecule has 1 fully saturated rings. The van der Waals surface area contributed by atoms with Crippen molar-refractivity contribution in [2.45, 2.75) is 70.2 Å². The summed E-state index contributed by atoms with van der Waals surface area (Å²) in [5.74, 6) is -2.16. The van der Waals surface area contributed by atoms with Crippen LogP contribution in [0.2, 0.25) is 0 Å². The zero-order valence-electron chi connectivity index (χ0n) is 30.5. The number of nitrogens with one attached hydrogen (secondary N) is 5. The molecule has 0 aromatic heterocycles. The van der Waals surface area contributed by atoms with Crippen molar-refractivity contribution in [3.05, 3.63) is 101 Å².